The zero-order chi connectivity index (χ0) is 11.1. The first-order chi connectivity index (χ1) is 7.18. The fourth-order valence-electron chi connectivity index (χ4n) is 1.42. The van der Waals surface area contributed by atoms with E-state index in [4.69, 9.17) is 0 Å². The van der Waals surface area contributed by atoms with Crippen LogP contribution in [0.2, 0.25) is 0 Å². The van der Waals surface area contributed by atoms with Crippen molar-refractivity contribution in [3.63, 3.8) is 0 Å². The van der Waals surface area contributed by atoms with Crippen molar-refractivity contribution >= 4 is 23.0 Å². The Balaban J connectivity index is 0.00000225. The van der Waals surface area contributed by atoms with Crippen molar-refractivity contribution in [1.29, 1.82) is 0 Å². The molecule has 0 spiro atoms. The highest BCUT2D eigenvalue weighted by atomic mass is 79.9. The molecule has 1 heterocycles. The molecule has 0 amide bonds. The van der Waals surface area contributed by atoms with Gasteiger partial charge in [-0.25, -0.2) is 4.57 Å². The van der Waals surface area contributed by atoms with Crippen molar-refractivity contribution in [1.82, 2.24) is 0 Å². The van der Waals surface area contributed by atoms with Crippen LogP contribution < -0.4 is 9.67 Å². The summed E-state index contributed by atoms with van der Waals surface area (Å²) in [6, 6.07) is 4.14. The first kappa shape index (κ1) is 15.1. The molecule has 0 fully saturated rings. The van der Waals surface area contributed by atoms with Gasteiger partial charge in [-0.05, 0) is 31.7 Å². The van der Waals surface area contributed by atoms with E-state index in [1.165, 1.54) is 5.56 Å². The van der Waals surface area contributed by atoms with Crippen LogP contribution in [0.5, 0.6) is 0 Å². The largest absolute Gasteiger partial charge is 0.550 e. The number of hydrogen-bond acceptors (Lipinski definition) is 2. The summed E-state index contributed by atoms with van der Waals surface area (Å²) in [5, 5.41) is 10.2. The molecular weight excluding hydrogens is 270 g/mol. The third-order valence-electron chi connectivity index (χ3n) is 2.36. The lowest BCUT2D eigenvalue weighted by Gasteiger charge is -2.00. The molecule has 1 rings (SSSR count). The maximum Gasteiger partial charge on any atom is 0.169 e. The zero-order valence-corrected chi connectivity index (χ0v) is 11.2. The minimum Gasteiger partial charge on any atom is -0.550 e. The summed E-state index contributed by atoms with van der Waals surface area (Å²) < 4.78 is 2.12. The first-order valence-electron chi connectivity index (χ1n) is 5.34. The number of carboxylic acids is 1. The normalized spacial score (nSPS) is 9.56. The van der Waals surface area contributed by atoms with Gasteiger partial charge in [0, 0.05) is 24.5 Å². The monoisotopic (exact) mass is 287 g/mol. The van der Waals surface area contributed by atoms with Gasteiger partial charge in [0.1, 0.15) is 6.54 Å². The molecule has 0 saturated heterocycles. The molecule has 0 atom stereocenters. The van der Waals surface area contributed by atoms with Crippen LogP contribution in [0.1, 0.15) is 31.2 Å². The molecule has 0 unspecified atom stereocenters. The van der Waals surface area contributed by atoms with Crippen LogP contribution >= 0.6 is 17.0 Å². The van der Waals surface area contributed by atoms with Crippen molar-refractivity contribution in [3.05, 3.63) is 30.1 Å². The van der Waals surface area contributed by atoms with Gasteiger partial charge in [-0.15, -0.1) is 17.0 Å². The Morgan fingerprint density at radius 3 is 2.44 bits per heavy atom. The van der Waals surface area contributed by atoms with E-state index < -0.39 is 5.97 Å². The Morgan fingerprint density at radius 2 is 1.88 bits per heavy atom. The summed E-state index contributed by atoms with van der Waals surface area (Å²) in [6.45, 7) is 3.01. The van der Waals surface area contributed by atoms with Crippen LogP contribution in [0.25, 0.3) is 0 Å². The SMILES string of the molecule is Br.Cc1cc[n+](CCCCCC(=O)[O-])cc1. The molecule has 0 aromatic carbocycles. The smallest absolute Gasteiger partial charge is 0.169 e. The summed E-state index contributed by atoms with van der Waals surface area (Å²) in [4.78, 5) is 10.2. The minimum atomic E-state index is -0.946. The Bertz CT molecular complexity index is 311. The third kappa shape index (κ3) is 6.56. The molecule has 90 valence electrons. The van der Waals surface area contributed by atoms with E-state index in [9.17, 15) is 9.90 Å². The maximum absolute atomic E-state index is 10.2. The fraction of sp³-hybridized carbons (Fsp3) is 0.500. The predicted molar refractivity (Wildman–Crippen MR) is 65.2 cm³/mol. The highest BCUT2D eigenvalue weighted by Crippen LogP contribution is 1.99. The number of hydrogen-bond donors (Lipinski definition) is 0. The average Bonchev–Trinajstić information content (AvgIpc) is 2.20. The highest BCUT2D eigenvalue weighted by molar-refractivity contribution is 8.93. The Labute approximate surface area is 107 Å². The lowest BCUT2D eigenvalue weighted by atomic mass is 10.2. The Hall–Kier alpha value is -0.900. The van der Waals surface area contributed by atoms with Crippen molar-refractivity contribution in [2.24, 2.45) is 0 Å². The predicted octanol–water partition coefficient (Wildman–Crippen LogP) is 1.17. The molecule has 1 aromatic rings. The Morgan fingerprint density at radius 1 is 1.25 bits per heavy atom. The van der Waals surface area contributed by atoms with E-state index in [0.717, 1.165) is 25.8 Å². The quantitative estimate of drug-likeness (QED) is 0.582. The molecular formula is C12H18BrNO2. The minimum absolute atomic E-state index is 0. The molecule has 3 nitrogen and oxygen atoms in total. The topological polar surface area (TPSA) is 44.0 Å². The van der Waals surface area contributed by atoms with Gasteiger partial charge in [0.25, 0.3) is 0 Å². The molecule has 0 bridgehead atoms. The molecule has 0 N–H and O–H groups in total. The van der Waals surface area contributed by atoms with E-state index in [2.05, 4.69) is 23.6 Å². The molecule has 0 aliphatic carbocycles. The summed E-state index contributed by atoms with van der Waals surface area (Å²) in [6.07, 6.45) is 6.95. The molecule has 0 saturated carbocycles. The Kier molecular flexibility index (Phi) is 7.81. The van der Waals surface area contributed by atoms with Gasteiger partial charge in [0.2, 0.25) is 0 Å². The van der Waals surface area contributed by atoms with Crippen LogP contribution in [0.3, 0.4) is 0 Å². The number of carboxylic acid groups (broad SMARTS) is 1. The lowest BCUT2D eigenvalue weighted by Crippen LogP contribution is -2.32. The number of aryl methyl sites for hydroxylation is 2. The number of pyridine rings is 1. The number of halogens is 1. The molecule has 1 aromatic heterocycles. The number of aliphatic carboxylic acids is 1. The number of unbranched alkanes of at least 4 members (excludes halogenated alkanes) is 2. The standard InChI is InChI=1S/C12H17NO2.BrH/c1-11-6-9-13(10-7-11)8-4-2-3-5-12(14)15;/h6-7,9-10H,2-5,8H2,1H3;1H. The number of aromatic nitrogens is 1. The van der Waals surface area contributed by atoms with Gasteiger partial charge < -0.3 is 9.90 Å². The maximum atomic E-state index is 10.2. The summed E-state index contributed by atoms with van der Waals surface area (Å²) in [7, 11) is 0. The first-order valence-corrected chi connectivity index (χ1v) is 5.34. The average molecular weight is 288 g/mol. The summed E-state index contributed by atoms with van der Waals surface area (Å²) in [5.41, 5.74) is 1.25. The van der Waals surface area contributed by atoms with Gasteiger partial charge >= 0.3 is 0 Å². The van der Waals surface area contributed by atoms with E-state index in [0.29, 0.717) is 0 Å². The van der Waals surface area contributed by atoms with Crippen LogP contribution in [0.15, 0.2) is 24.5 Å². The van der Waals surface area contributed by atoms with Gasteiger partial charge in [-0.1, -0.05) is 0 Å². The van der Waals surface area contributed by atoms with Crippen LogP contribution in [0.4, 0.5) is 0 Å². The van der Waals surface area contributed by atoms with Gasteiger partial charge in [0.15, 0.2) is 12.4 Å². The van der Waals surface area contributed by atoms with E-state index in [1.54, 1.807) is 0 Å². The van der Waals surface area contributed by atoms with Gasteiger partial charge in [-0.3, -0.25) is 0 Å². The zero-order valence-electron chi connectivity index (χ0n) is 9.52. The molecule has 4 heteroatoms. The van der Waals surface area contributed by atoms with Crippen molar-refractivity contribution in [2.75, 3.05) is 0 Å². The van der Waals surface area contributed by atoms with Gasteiger partial charge in [-0.2, -0.15) is 0 Å². The van der Waals surface area contributed by atoms with Crippen LogP contribution in [-0.2, 0) is 11.3 Å². The third-order valence-corrected chi connectivity index (χ3v) is 2.36. The van der Waals surface area contributed by atoms with E-state index in [1.807, 2.05) is 12.4 Å². The molecule has 0 aliphatic heterocycles. The van der Waals surface area contributed by atoms with E-state index in [-0.39, 0.29) is 23.4 Å². The van der Waals surface area contributed by atoms with Crippen molar-refractivity contribution in [2.45, 2.75) is 39.2 Å². The molecule has 16 heavy (non-hydrogen) atoms. The summed E-state index contributed by atoms with van der Waals surface area (Å²) in [5.74, 6) is -0.946. The number of rotatable bonds is 6. The lowest BCUT2D eigenvalue weighted by molar-refractivity contribution is -0.697. The number of carbonyl (C=O) groups excluding carboxylic acids is 1. The van der Waals surface area contributed by atoms with Crippen molar-refractivity contribution in [3.8, 4) is 0 Å². The fourth-order valence-corrected chi connectivity index (χ4v) is 1.42. The van der Waals surface area contributed by atoms with Gasteiger partial charge in [0.05, 0.1) is 0 Å². The number of nitrogens with zero attached hydrogens (tertiary/aromatic N) is 1. The van der Waals surface area contributed by atoms with E-state index >= 15 is 0 Å². The van der Waals surface area contributed by atoms with Crippen LogP contribution in [-0.4, -0.2) is 5.97 Å². The van der Waals surface area contributed by atoms with Crippen molar-refractivity contribution < 1.29 is 14.5 Å². The second-order valence-electron chi connectivity index (χ2n) is 3.80. The second kappa shape index (κ2) is 8.28. The second-order valence-corrected chi connectivity index (χ2v) is 3.80. The molecule has 0 aliphatic rings. The highest BCUT2D eigenvalue weighted by Gasteiger charge is 1.98. The molecule has 0 radical (unpaired) electrons. The number of carbonyl (C=O) groups is 1. The van der Waals surface area contributed by atoms with Crippen LogP contribution in [0, 0.1) is 6.92 Å². The summed E-state index contributed by atoms with van der Waals surface area (Å²) >= 11 is 0.